The van der Waals surface area contributed by atoms with Crippen LogP contribution in [0.3, 0.4) is 0 Å². The second-order valence-electron chi connectivity index (χ2n) is 8.74. The molecule has 33 heavy (non-hydrogen) atoms. The number of aryl methyl sites for hydroxylation is 2. The van der Waals surface area contributed by atoms with Crippen molar-refractivity contribution in [2.24, 2.45) is 5.92 Å². The van der Waals surface area contributed by atoms with Crippen LogP contribution in [0.2, 0.25) is 0 Å². The van der Waals surface area contributed by atoms with Crippen molar-refractivity contribution in [3.63, 3.8) is 0 Å². The molecule has 9 heteroatoms. The minimum Gasteiger partial charge on any atom is -0.454 e. The van der Waals surface area contributed by atoms with Crippen LogP contribution in [0.1, 0.15) is 24.0 Å². The summed E-state index contributed by atoms with van der Waals surface area (Å²) in [4.78, 5) is 26.5. The summed E-state index contributed by atoms with van der Waals surface area (Å²) in [5, 5.41) is 12.5. The summed E-state index contributed by atoms with van der Waals surface area (Å²) in [7, 11) is 0. The van der Waals surface area contributed by atoms with Gasteiger partial charge < -0.3 is 15.1 Å². The van der Waals surface area contributed by atoms with Crippen molar-refractivity contribution >= 4 is 33.6 Å². The molecule has 1 aliphatic heterocycles. The number of carbonyl (C=O) groups excluding carboxylic acids is 1. The number of likely N-dealkylation sites (tertiary alicyclic amines) is 1. The Kier molecular flexibility index (Phi) is 5.03. The lowest BCUT2D eigenvalue weighted by atomic mass is 9.97. The van der Waals surface area contributed by atoms with Crippen molar-refractivity contribution < 1.29 is 9.21 Å². The first kappa shape index (κ1) is 21.0. The summed E-state index contributed by atoms with van der Waals surface area (Å²) >= 11 is 0. The van der Waals surface area contributed by atoms with Gasteiger partial charge in [-0.2, -0.15) is 10.2 Å². The predicted molar refractivity (Wildman–Crippen MR) is 127 cm³/mol. The Morgan fingerprint density at radius 1 is 1.39 bits per heavy atom. The van der Waals surface area contributed by atoms with Crippen molar-refractivity contribution in [3.8, 4) is 11.5 Å². The van der Waals surface area contributed by atoms with Crippen molar-refractivity contribution in [1.82, 2.24) is 24.9 Å². The summed E-state index contributed by atoms with van der Waals surface area (Å²) < 4.78 is 8.07. The third-order valence-corrected chi connectivity index (χ3v) is 6.44. The average molecular weight is 447 g/mol. The fraction of sp³-hybridized carbons (Fsp3) is 0.333. The first-order valence-electron chi connectivity index (χ1n) is 11.0. The van der Waals surface area contributed by atoms with Gasteiger partial charge in [0.2, 0.25) is 5.91 Å². The lowest BCUT2D eigenvalue weighted by Gasteiger charge is -2.32. The van der Waals surface area contributed by atoms with Crippen LogP contribution in [-0.4, -0.2) is 43.9 Å². The van der Waals surface area contributed by atoms with Crippen molar-refractivity contribution in [2.75, 3.05) is 18.8 Å². The number of fused-ring (bicyclic) bond motifs is 2. The molecular formula is C24H26N6O3. The number of nitrogens with zero attached hydrogens (tertiary/aromatic N) is 4. The van der Waals surface area contributed by atoms with Crippen molar-refractivity contribution in [2.45, 2.75) is 33.2 Å². The average Bonchev–Trinajstić information content (AvgIpc) is 3.34. The Bertz CT molecular complexity index is 1460. The molecule has 3 aromatic heterocycles. The zero-order valence-corrected chi connectivity index (χ0v) is 18.7. The number of hydrogen-bond acceptors (Lipinski definition) is 6. The van der Waals surface area contributed by atoms with Crippen LogP contribution in [0.25, 0.3) is 33.3 Å². The zero-order valence-electron chi connectivity index (χ0n) is 18.7. The maximum atomic E-state index is 12.6. The van der Waals surface area contributed by atoms with E-state index in [2.05, 4.69) is 27.9 Å². The normalized spacial score (nSPS) is 16.5. The van der Waals surface area contributed by atoms with Crippen LogP contribution in [0.4, 0.5) is 5.82 Å². The number of nitrogens with one attached hydrogen (secondary N) is 1. The summed E-state index contributed by atoms with van der Waals surface area (Å²) in [5.74, 6) is 0.899. The van der Waals surface area contributed by atoms with E-state index in [9.17, 15) is 9.59 Å². The molecule has 0 aliphatic carbocycles. The molecule has 1 aromatic carbocycles. The first-order valence-corrected chi connectivity index (χ1v) is 11.0. The molecule has 170 valence electrons. The molecule has 5 rings (SSSR count). The van der Waals surface area contributed by atoms with Gasteiger partial charge in [-0.1, -0.05) is 18.2 Å². The molecule has 1 unspecified atom stereocenters. The SMILES string of the molecule is C=CC(=O)N1CCCC(Cn2nc3c(=O)[nH]nc(N)c3c2-c2oc3ccc(C)cc3c2C)C1. The Labute approximate surface area is 189 Å². The van der Waals surface area contributed by atoms with E-state index in [1.54, 1.807) is 4.68 Å². The number of benzene rings is 1. The highest BCUT2D eigenvalue weighted by molar-refractivity contribution is 6.01. The van der Waals surface area contributed by atoms with Gasteiger partial charge in [-0.25, -0.2) is 5.10 Å². The maximum Gasteiger partial charge on any atom is 0.292 e. The van der Waals surface area contributed by atoms with Crippen molar-refractivity contribution in [1.29, 1.82) is 0 Å². The molecule has 9 nitrogen and oxygen atoms in total. The molecule has 1 aliphatic rings. The molecule has 1 atom stereocenters. The monoisotopic (exact) mass is 446 g/mol. The van der Waals surface area contributed by atoms with Gasteiger partial charge in [0, 0.05) is 30.6 Å². The van der Waals surface area contributed by atoms with Gasteiger partial charge in [-0.05, 0) is 50.8 Å². The second kappa shape index (κ2) is 7.91. The second-order valence-corrected chi connectivity index (χ2v) is 8.74. The number of carbonyl (C=O) groups is 1. The van der Waals surface area contributed by atoms with E-state index in [1.807, 2.05) is 30.9 Å². The summed E-state index contributed by atoms with van der Waals surface area (Å²) in [6.07, 6.45) is 3.19. The van der Waals surface area contributed by atoms with Crippen LogP contribution in [0.15, 0.2) is 40.1 Å². The van der Waals surface area contributed by atoms with Gasteiger partial charge in [0.15, 0.2) is 17.1 Å². The number of H-pyrrole nitrogens is 1. The lowest BCUT2D eigenvalue weighted by molar-refractivity contribution is -0.127. The van der Waals surface area contributed by atoms with Gasteiger partial charge in [-0.3, -0.25) is 14.3 Å². The van der Waals surface area contributed by atoms with E-state index in [1.165, 1.54) is 6.08 Å². The molecule has 1 fully saturated rings. The largest absolute Gasteiger partial charge is 0.454 e. The molecule has 1 amide bonds. The van der Waals surface area contributed by atoms with Gasteiger partial charge in [-0.15, -0.1) is 0 Å². The Hall–Kier alpha value is -3.88. The first-order chi connectivity index (χ1) is 15.9. The Balaban J connectivity index is 1.67. The number of hydrogen-bond donors (Lipinski definition) is 2. The number of anilines is 1. The molecule has 0 bridgehead atoms. The third-order valence-electron chi connectivity index (χ3n) is 6.44. The highest BCUT2D eigenvalue weighted by Crippen LogP contribution is 2.38. The van der Waals surface area contributed by atoms with E-state index in [4.69, 9.17) is 10.2 Å². The van der Waals surface area contributed by atoms with E-state index >= 15 is 0 Å². The third kappa shape index (κ3) is 3.49. The number of rotatable bonds is 4. The fourth-order valence-corrected chi connectivity index (χ4v) is 4.79. The fourth-order valence-electron chi connectivity index (χ4n) is 4.79. The summed E-state index contributed by atoms with van der Waals surface area (Å²) in [6.45, 7) is 9.46. The van der Waals surface area contributed by atoms with Crippen LogP contribution in [0, 0.1) is 19.8 Å². The number of nitrogens with two attached hydrogens (primary N) is 1. The molecule has 3 N–H and O–H groups in total. The molecule has 0 spiro atoms. The summed E-state index contributed by atoms with van der Waals surface area (Å²) in [5.41, 5.74) is 9.51. The highest BCUT2D eigenvalue weighted by atomic mass is 16.3. The zero-order chi connectivity index (χ0) is 23.3. The van der Waals surface area contributed by atoms with Gasteiger partial charge in [0.05, 0.1) is 5.39 Å². The van der Waals surface area contributed by atoms with Crippen LogP contribution < -0.4 is 11.3 Å². The van der Waals surface area contributed by atoms with Gasteiger partial charge >= 0.3 is 0 Å². The molecule has 0 radical (unpaired) electrons. The predicted octanol–water partition coefficient (Wildman–Crippen LogP) is 3.16. The van der Waals surface area contributed by atoms with Crippen LogP contribution in [0.5, 0.6) is 0 Å². The standard InChI is InChI=1S/C24H26N6O3/c1-4-18(31)29-9-5-6-15(11-29)12-30-21(19-20(28-30)24(32)27-26-23(19)25)22-14(3)16-10-13(2)7-8-17(16)33-22/h4,7-8,10,15H,1,5-6,9,11-12H2,2-3H3,(H2,25,26)(H,27,32). The van der Waals surface area contributed by atoms with Gasteiger partial charge in [0.1, 0.15) is 11.3 Å². The summed E-state index contributed by atoms with van der Waals surface area (Å²) in [6, 6.07) is 6.02. The van der Waals surface area contributed by atoms with Crippen LogP contribution in [-0.2, 0) is 11.3 Å². The minimum atomic E-state index is -0.407. The number of amides is 1. The topological polar surface area (TPSA) is 123 Å². The number of aromatic nitrogens is 4. The minimum absolute atomic E-state index is 0.0704. The van der Waals surface area contributed by atoms with E-state index in [0.717, 1.165) is 34.9 Å². The molecule has 4 heterocycles. The smallest absolute Gasteiger partial charge is 0.292 e. The van der Waals surface area contributed by atoms with Crippen molar-refractivity contribution in [3.05, 3.63) is 52.3 Å². The molecule has 4 aromatic rings. The van der Waals surface area contributed by atoms with Gasteiger partial charge in [0.25, 0.3) is 5.56 Å². The quantitative estimate of drug-likeness (QED) is 0.464. The molecule has 1 saturated heterocycles. The Morgan fingerprint density at radius 3 is 3.00 bits per heavy atom. The van der Waals surface area contributed by atoms with E-state index in [0.29, 0.717) is 36.5 Å². The van der Waals surface area contributed by atoms with Crippen LogP contribution >= 0.6 is 0 Å². The van der Waals surface area contributed by atoms with E-state index < -0.39 is 5.56 Å². The van der Waals surface area contributed by atoms with E-state index in [-0.39, 0.29) is 23.2 Å². The molecule has 0 saturated carbocycles. The number of furan rings is 1. The number of piperidine rings is 1. The number of nitrogen functional groups attached to an aromatic ring is 1. The maximum absolute atomic E-state index is 12.6. The number of aromatic amines is 1. The highest BCUT2D eigenvalue weighted by Gasteiger charge is 2.28. The lowest BCUT2D eigenvalue weighted by Crippen LogP contribution is -2.40. The Morgan fingerprint density at radius 2 is 2.21 bits per heavy atom. The molecular weight excluding hydrogens is 420 g/mol.